The Balaban J connectivity index is 2.53. The summed E-state index contributed by atoms with van der Waals surface area (Å²) in [5.74, 6) is 2.60. The van der Waals surface area contributed by atoms with Gasteiger partial charge in [0.25, 0.3) is 0 Å². The number of nitrogens with one attached hydrogen (secondary N) is 1. The van der Waals surface area contributed by atoms with Crippen LogP contribution in [0.5, 0.6) is 0 Å². The van der Waals surface area contributed by atoms with Crippen LogP contribution in [0.25, 0.3) is 0 Å². The third-order valence-corrected chi connectivity index (χ3v) is 3.23. The zero-order chi connectivity index (χ0) is 11.3. The van der Waals surface area contributed by atoms with Gasteiger partial charge in [-0.3, -0.25) is 4.79 Å². The second kappa shape index (κ2) is 4.99. The molecule has 0 saturated heterocycles. The van der Waals surface area contributed by atoms with Gasteiger partial charge in [-0.05, 0) is 24.8 Å². The highest BCUT2D eigenvalue weighted by atomic mass is 32.1. The van der Waals surface area contributed by atoms with Gasteiger partial charge in [0.1, 0.15) is 0 Å². The number of thiophene rings is 1. The van der Waals surface area contributed by atoms with Gasteiger partial charge in [-0.25, -0.2) is 0 Å². The fourth-order valence-electron chi connectivity index (χ4n) is 1.15. The molecule has 1 heterocycles. The molecule has 1 aromatic heterocycles. The highest BCUT2D eigenvalue weighted by Gasteiger charge is 2.20. The summed E-state index contributed by atoms with van der Waals surface area (Å²) in [6.07, 6.45) is 6.52. The van der Waals surface area contributed by atoms with E-state index in [4.69, 9.17) is 6.42 Å². The Kier molecular flexibility index (Phi) is 3.93. The molecule has 0 aliphatic rings. The van der Waals surface area contributed by atoms with Crippen molar-refractivity contribution in [1.29, 1.82) is 0 Å². The largest absolute Gasteiger partial charge is 0.340 e. The molecule has 0 aromatic carbocycles. The van der Waals surface area contributed by atoms with Crippen LogP contribution in [-0.2, 0) is 11.2 Å². The summed E-state index contributed by atoms with van der Waals surface area (Å²) < 4.78 is 0. The summed E-state index contributed by atoms with van der Waals surface area (Å²) >= 11 is 1.58. The summed E-state index contributed by atoms with van der Waals surface area (Å²) in [4.78, 5) is 12.7. The molecular formula is C12H15NOS. The van der Waals surface area contributed by atoms with Crippen LogP contribution in [0.4, 0.5) is 0 Å². The molecule has 0 fully saturated rings. The molecule has 15 heavy (non-hydrogen) atoms. The van der Waals surface area contributed by atoms with Crippen LogP contribution in [0.2, 0.25) is 0 Å². The lowest BCUT2D eigenvalue weighted by atomic mass is 10.00. The molecule has 1 N–H and O–H groups in total. The normalized spacial score (nSPS) is 13.9. The van der Waals surface area contributed by atoms with E-state index in [1.54, 1.807) is 11.3 Å². The summed E-state index contributed by atoms with van der Waals surface area (Å²) in [6, 6.07) is 3.89. The number of rotatable bonds is 4. The monoisotopic (exact) mass is 221 g/mol. The molecule has 0 unspecified atom stereocenters. The molecule has 1 amide bonds. The predicted octanol–water partition coefficient (Wildman–Crippen LogP) is 2.21. The molecular weight excluding hydrogens is 206 g/mol. The van der Waals surface area contributed by atoms with E-state index in [1.807, 2.05) is 31.4 Å². The van der Waals surface area contributed by atoms with E-state index in [0.29, 0.717) is 6.42 Å². The standard InChI is InChI=1S/C12H15NOS/c1-4-12(3,5-2)13-11(14)9-10-7-6-8-15-10/h1,6-8H,5,9H2,2-3H3,(H,13,14)/t12-/m0/s1. The number of hydrogen-bond donors (Lipinski definition) is 1. The third-order valence-electron chi connectivity index (χ3n) is 2.36. The van der Waals surface area contributed by atoms with Crippen molar-refractivity contribution in [3.05, 3.63) is 22.4 Å². The van der Waals surface area contributed by atoms with E-state index in [1.165, 1.54) is 0 Å². The Morgan fingerprint density at radius 1 is 1.73 bits per heavy atom. The first kappa shape index (κ1) is 11.8. The summed E-state index contributed by atoms with van der Waals surface area (Å²) in [6.45, 7) is 3.82. The number of hydrogen-bond acceptors (Lipinski definition) is 2. The van der Waals surface area contributed by atoms with Crippen molar-refractivity contribution in [1.82, 2.24) is 5.32 Å². The highest BCUT2D eigenvalue weighted by molar-refractivity contribution is 7.10. The summed E-state index contributed by atoms with van der Waals surface area (Å²) in [5, 5.41) is 4.82. The minimum absolute atomic E-state index is 0.0141. The molecule has 1 rings (SSSR count). The Hall–Kier alpha value is -1.27. The second-order valence-electron chi connectivity index (χ2n) is 3.63. The van der Waals surface area contributed by atoms with E-state index < -0.39 is 5.54 Å². The lowest BCUT2D eigenvalue weighted by Crippen LogP contribution is -2.44. The molecule has 0 bridgehead atoms. The van der Waals surface area contributed by atoms with Gasteiger partial charge < -0.3 is 5.32 Å². The molecule has 3 heteroatoms. The average Bonchev–Trinajstić information content (AvgIpc) is 2.70. The zero-order valence-electron chi connectivity index (χ0n) is 9.04. The van der Waals surface area contributed by atoms with Crippen molar-refractivity contribution in [2.24, 2.45) is 0 Å². The second-order valence-corrected chi connectivity index (χ2v) is 4.67. The van der Waals surface area contributed by atoms with Crippen LogP contribution in [0, 0.1) is 12.3 Å². The van der Waals surface area contributed by atoms with Crippen LogP contribution in [-0.4, -0.2) is 11.4 Å². The molecule has 0 aliphatic carbocycles. The van der Waals surface area contributed by atoms with Crippen molar-refractivity contribution in [2.45, 2.75) is 32.2 Å². The molecule has 0 saturated carbocycles. The topological polar surface area (TPSA) is 29.1 Å². The number of amides is 1. The zero-order valence-corrected chi connectivity index (χ0v) is 9.86. The third kappa shape index (κ3) is 3.41. The van der Waals surface area contributed by atoms with Crippen LogP contribution in [0.3, 0.4) is 0 Å². The minimum atomic E-state index is -0.520. The predicted molar refractivity (Wildman–Crippen MR) is 63.7 cm³/mol. The van der Waals surface area contributed by atoms with Crippen molar-refractivity contribution in [3.8, 4) is 12.3 Å². The van der Waals surface area contributed by atoms with Crippen molar-refractivity contribution in [2.75, 3.05) is 0 Å². The molecule has 0 spiro atoms. The van der Waals surface area contributed by atoms with Crippen LogP contribution in [0.15, 0.2) is 17.5 Å². The van der Waals surface area contributed by atoms with Gasteiger partial charge in [-0.15, -0.1) is 17.8 Å². The van der Waals surface area contributed by atoms with Gasteiger partial charge in [0.05, 0.1) is 12.0 Å². The SMILES string of the molecule is C#C[C@@](C)(CC)NC(=O)Cc1cccs1. The minimum Gasteiger partial charge on any atom is -0.340 e. The van der Waals surface area contributed by atoms with Gasteiger partial charge in [-0.1, -0.05) is 18.9 Å². The average molecular weight is 221 g/mol. The van der Waals surface area contributed by atoms with Crippen LogP contribution >= 0.6 is 11.3 Å². The van der Waals surface area contributed by atoms with E-state index in [-0.39, 0.29) is 5.91 Å². The van der Waals surface area contributed by atoms with E-state index >= 15 is 0 Å². The fraction of sp³-hybridized carbons (Fsp3) is 0.417. The van der Waals surface area contributed by atoms with Crippen LogP contribution < -0.4 is 5.32 Å². The first-order valence-corrected chi connectivity index (χ1v) is 5.79. The highest BCUT2D eigenvalue weighted by Crippen LogP contribution is 2.11. The van der Waals surface area contributed by atoms with Crippen molar-refractivity contribution >= 4 is 17.2 Å². The number of carbonyl (C=O) groups is 1. The number of carbonyl (C=O) groups excluding carboxylic acids is 1. The van der Waals surface area contributed by atoms with Gasteiger partial charge in [0.2, 0.25) is 5.91 Å². The Morgan fingerprint density at radius 3 is 2.93 bits per heavy atom. The van der Waals surface area contributed by atoms with Gasteiger partial charge in [0, 0.05) is 4.88 Å². The Labute approximate surface area is 94.7 Å². The Morgan fingerprint density at radius 2 is 2.47 bits per heavy atom. The molecule has 80 valence electrons. The van der Waals surface area contributed by atoms with E-state index in [2.05, 4.69) is 11.2 Å². The van der Waals surface area contributed by atoms with Crippen molar-refractivity contribution in [3.63, 3.8) is 0 Å². The summed E-state index contributed by atoms with van der Waals surface area (Å²) in [7, 11) is 0. The van der Waals surface area contributed by atoms with Crippen molar-refractivity contribution < 1.29 is 4.79 Å². The van der Waals surface area contributed by atoms with E-state index in [0.717, 1.165) is 11.3 Å². The first-order chi connectivity index (χ1) is 7.09. The fourth-order valence-corrected chi connectivity index (χ4v) is 1.85. The maximum Gasteiger partial charge on any atom is 0.226 e. The maximum atomic E-state index is 11.6. The summed E-state index contributed by atoms with van der Waals surface area (Å²) in [5.41, 5.74) is -0.520. The van der Waals surface area contributed by atoms with Gasteiger partial charge in [-0.2, -0.15) is 0 Å². The maximum absolute atomic E-state index is 11.6. The lowest BCUT2D eigenvalue weighted by Gasteiger charge is -2.23. The van der Waals surface area contributed by atoms with Crippen LogP contribution in [0.1, 0.15) is 25.1 Å². The molecule has 0 radical (unpaired) electrons. The number of terminal acetylenes is 1. The Bertz CT molecular complexity index is 363. The lowest BCUT2D eigenvalue weighted by molar-refractivity contribution is -0.121. The molecule has 1 atom stereocenters. The van der Waals surface area contributed by atoms with E-state index in [9.17, 15) is 4.79 Å². The molecule has 2 nitrogen and oxygen atoms in total. The molecule has 1 aromatic rings. The van der Waals surface area contributed by atoms with Gasteiger partial charge >= 0.3 is 0 Å². The van der Waals surface area contributed by atoms with Gasteiger partial charge in [0.15, 0.2) is 0 Å². The smallest absolute Gasteiger partial charge is 0.226 e. The molecule has 0 aliphatic heterocycles. The first-order valence-electron chi connectivity index (χ1n) is 4.91. The quantitative estimate of drug-likeness (QED) is 0.776.